The van der Waals surface area contributed by atoms with Crippen LogP contribution in [0.2, 0.25) is 0 Å². The molecule has 0 amide bonds. The van der Waals surface area contributed by atoms with Crippen LogP contribution in [0.3, 0.4) is 0 Å². The third-order valence-corrected chi connectivity index (χ3v) is 4.79. The summed E-state index contributed by atoms with van der Waals surface area (Å²) in [4.78, 5) is 8.05. The minimum absolute atomic E-state index is 0.184. The summed E-state index contributed by atoms with van der Waals surface area (Å²) < 4.78 is 32.2. The summed E-state index contributed by atoms with van der Waals surface area (Å²) in [6, 6.07) is 0. The van der Waals surface area contributed by atoms with Crippen molar-refractivity contribution in [3.63, 3.8) is 0 Å². The fraction of sp³-hybridized carbons (Fsp3) is 0.600. The maximum atomic E-state index is 12.1. The molecule has 1 aliphatic heterocycles. The van der Waals surface area contributed by atoms with Gasteiger partial charge in [-0.15, -0.1) is 0 Å². The second-order valence-electron chi connectivity index (χ2n) is 4.33. The van der Waals surface area contributed by atoms with Crippen molar-refractivity contribution >= 4 is 16.0 Å². The lowest BCUT2D eigenvalue weighted by molar-refractivity contribution is -0.00594. The Balaban J connectivity index is 2.21. The molecule has 0 bridgehead atoms. The summed E-state index contributed by atoms with van der Waals surface area (Å²) >= 11 is 0. The molecule has 106 valence electrons. The lowest BCUT2D eigenvalue weighted by atomic mass is 10.2. The van der Waals surface area contributed by atoms with Crippen molar-refractivity contribution in [2.45, 2.75) is 6.10 Å². The van der Waals surface area contributed by atoms with Crippen molar-refractivity contribution < 1.29 is 13.2 Å². The molecule has 1 aromatic rings. The predicted octanol–water partition coefficient (Wildman–Crippen LogP) is -0.761. The Kier molecular flexibility index (Phi) is 3.99. The average molecular weight is 287 g/mol. The summed E-state index contributed by atoms with van der Waals surface area (Å²) in [6.07, 6.45) is 2.50. The van der Waals surface area contributed by atoms with E-state index in [1.807, 2.05) is 0 Å². The van der Waals surface area contributed by atoms with Crippen LogP contribution in [-0.4, -0.2) is 60.8 Å². The van der Waals surface area contributed by atoms with Crippen LogP contribution in [0.1, 0.15) is 11.8 Å². The third-order valence-electron chi connectivity index (χ3n) is 2.88. The highest BCUT2D eigenvalue weighted by Gasteiger charge is 2.33. The molecule has 0 radical (unpaired) electrons. The Bertz CT molecular complexity index is 548. The van der Waals surface area contributed by atoms with Gasteiger partial charge in [-0.2, -0.15) is 17.0 Å². The topological polar surface area (TPSA) is 102 Å². The molecule has 0 aliphatic carbocycles. The lowest BCUT2D eigenvalue weighted by Gasteiger charge is -2.33. The zero-order valence-electron chi connectivity index (χ0n) is 10.9. The number of nitrogens with zero attached hydrogens (tertiary/aromatic N) is 4. The zero-order valence-corrected chi connectivity index (χ0v) is 11.7. The van der Waals surface area contributed by atoms with Gasteiger partial charge in [-0.3, -0.25) is 4.98 Å². The Morgan fingerprint density at radius 1 is 1.42 bits per heavy atom. The van der Waals surface area contributed by atoms with Crippen molar-refractivity contribution in [2.75, 3.05) is 39.5 Å². The van der Waals surface area contributed by atoms with Gasteiger partial charge < -0.3 is 10.5 Å². The second kappa shape index (κ2) is 5.37. The van der Waals surface area contributed by atoms with E-state index in [1.54, 1.807) is 0 Å². The maximum absolute atomic E-state index is 12.1. The molecule has 9 heteroatoms. The molecular weight excluding hydrogens is 270 g/mol. The molecule has 2 rings (SSSR count). The van der Waals surface area contributed by atoms with E-state index in [0.29, 0.717) is 18.8 Å². The highest BCUT2D eigenvalue weighted by Crippen LogP contribution is 2.25. The molecule has 1 atom stereocenters. The van der Waals surface area contributed by atoms with Gasteiger partial charge in [0.2, 0.25) is 0 Å². The van der Waals surface area contributed by atoms with Gasteiger partial charge in [0.1, 0.15) is 17.6 Å². The van der Waals surface area contributed by atoms with Crippen LogP contribution in [0.25, 0.3) is 0 Å². The van der Waals surface area contributed by atoms with Gasteiger partial charge in [-0.05, 0) is 0 Å². The first-order valence-corrected chi connectivity index (χ1v) is 7.18. The van der Waals surface area contributed by atoms with Crippen molar-refractivity contribution in [3.8, 4) is 0 Å². The lowest BCUT2D eigenvalue weighted by Crippen LogP contribution is -2.47. The molecule has 19 heavy (non-hydrogen) atoms. The van der Waals surface area contributed by atoms with E-state index in [-0.39, 0.29) is 12.4 Å². The second-order valence-corrected chi connectivity index (χ2v) is 6.48. The molecule has 0 spiro atoms. The number of hydrogen-bond acceptors (Lipinski definition) is 6. The molecule has 2 heterocycles. The zero-order chi connectivity index (χ0) is 14.0. The summed E-state index contributed by atoms with van der Waals surface area (Å²) in [5, 5.41) is 0. The van der Waals surface area contributed by atoms with Crippen LogP contribution in [0, 0.1) is 0 Å². The number of nitrogens with two attached hydrogens (primary N) is 1. The van der Waals surface area contributed by atoms with Crippen LogP contribution < -0.4 is 5.73 Å². The molecule has 0 aromatic carbocycles. The normalized spacial score (nSPS) is 21.7. The molecular formula is C10H17N5O3S. The highest BCUT2D eigenvalue weighted by atomic mass is 32.2. The maximum Gasteiger partial charge on any atom is 0.281 e. The summed E-state index contributed by atoms with van der Waals surface area (Å²) in [6.45, 7) is 0.800. The van der Waals surface area contributed by atoms with Gasteiger partial charge in [0.05, 0.1) is 6.61 Å². The first-order chi connectivity index (χ1) is 8.93. The fourth-order valence-corrected chi connectivity index (χ4v) is 2.93. The number of morpholine rings is 1. The quantitative estimate of drug-likeness (QED) is 0.784. The largest absolute Gasteiger partial charge is 0.382 e. The van der Waals surface area contributed by atoms with E-state index in [9.17, 15) is 8.42 Å². The number of nitrogen functional groups attached to an aromatic ring is 1. The fourth-order valence-electron chi connectivity index (χ4n) is 1.84. The van der Waals surface area contributed by atoms with Gasteiger partial charge >= 0.3 is 0 Å². The van der Waals surface area contributed by atoms with E-state index in [2.05, 4.69) is 9.97 Å². The first-order valence-electron chi connectivity index (χ1n) is 5.78. The SMILES string of the molecule is CN(C)S(=O)(=O)N1CCOC(c2nccnc2N)C1. The number of rotatable bonds is 3. The number of ether oxygens (including phenoxy) is 1. The van der Waals surface area contributed by atoms with Crippen LogP contribution in [-0.2, 0) is 14.9 Å². The number of hydrogen-bond donors (Lipinski definition) is 1. The summed E-state index contributed by atoms with van der Waals surface area (Å²) in [7, 11) is -0.463. The smallest absolute Gasteiger partial charge is 0.281 e. The standard InChI is InChI=1S/C10H17N5O3S/c1-14(2)19(16,17)15-5-6-18-8(7-15)9-10(11)13-4-3-12-9/h3-4,8H,5-7H2,1-2H3,(H2,11,13). The molecule has 8 nitrogen and oxygen atoms in total. The molecule has 1 aromatic heterocycles. The molecule has 1 fully saturated rings. The monoisotopic (exact) mass is 287 g/mol. The van der Waals surface area contributed by atoms with Crippen molar-refractivity contribution in [2.24, 2.45) is 0 Å². The van der Waals surface area contributed by atoms with E-state index in [0.717, 1.165) is 0 Å². The van der Waals surface area contributed by atoms with Gasteiger partial charge in [0.25, 0.3) is 10.2 Å². The van der Waals surface area contributed by atoms with Crippen molar-refractivity contribution in [3.05, 3.63) is 18.1 Å². The van der Waals surface area contributed by atoms with Crippen molar-refractivity contribution in [1.29, 1.82) is 0 Å². The number of aromatic nitrogens is 2. The summed E-state index contributed by atoms with van der Waals surface area (Å²) in [5.74, 6) is 0.261. The van der Waals surface area contributed by atoms with Gasteiger partial charge in [0, 0.05) is 39.6 Å². The van der Waals surface area contributed by atoms with Gasteiger partial charge in [0.15, 0.2) is 0 Å². The molecule has 2 N–H and O–H groups in total. The van der Waals surface area contributed by atoms with Gasteiger partial charge in [-0.25, -0.2) is 4.98 Å². The Labute approximate surface area is 112 Å². The third kappa shape index (κ3) is 2.84. The van der Waals surface area contributed by atoms with Crippen LogP contribution in [0.15, 0.2) is 12.4 Å². The Morgan fingerprint density at radius 2 is 2.11 bits per heavy atom. The van der Waals surface area contributed by atoms with E-state index >= 15 is 0 Å². The van der Waals surface area contributed by atoms with E-state index in [4.69, 9.17) is 10.5 Å². The molecule has 1 saturated heterocycles. The molecule has 1 aliphatic rings. The summed E-state index contributed by atoms with van der Waals surface area (Å²) in [5.41, 5.74) is 6.21. The van der Waals surface area contributed by atoms with Crippen LogP contribution >= 0.6 is 0 Å². The van der Waals surface area contributed by atoms with E-state index < -0.39 is 16.3 Å². The number of anilines is 1. The predicted molar refractivity (Wildman–Crippen MR) is 69.3 cm³/mol. The molecule has 0 saturated carbocycles. The Morgan fingerprint density at radius 3 is 2.74 bits per heavy atom. The minimum atomic E-state index is -3.46. The van der Waals surface area contributed by atoms with Crippen LogP contribution in [0.5, 0.6) is 0 Å². The van der Waals surface area contributed by atoms with Crippen LogP contribution in [0.4, 0.5) is 5.82 Å². The highest BCUT2D eigenvalue weighted by molar-refractivity contribution is 7.86. The van der Waals surface area contributed by atoms with Gasteiger partial charge in [-0.1, -0.05) is 0 Å². The molecule has 1 unspecified atom stereocenters. The van der Waals surface area contributed by atoms with Crippen molar-refractivity contribution in [1.82, 2.24) is 18.6 Å². The van der Waals surface area contributed by atoms with E-state index in [1.165, 1.54) is 35.1 Å². The average Bonchev–Trinajstić information content (AvgIpc) is 2.39. The minimum Gasteiger partial charge on any atom is -0.382 e. The Hall–Kier alpha value is -1.29. The first kappa shape index (κ1) is 14.1.